The smallest absolute Gasteiger partial charge is 0.280 e. The molecule has 1 unspecified atom stereocenters. The van der Waals surface area contributed by atoms with E-state index in [2.05, 4.69) is 21.1 Å². The number of nitrogens with zero attached hydrogens (tertiary/aromatic N) is 5. The summed E-state index contributed by atoms with van der Waals surface area (Å²) in [5, 5.41) is 11.9. The van der Waals surface area contributed by atoms with E-state index in [1.807, 2.05) is 4.90 Å². The first-order valence-corrected chi connectivity index (χ1v) is 11.0. The van der Waals surface area contributed by atoms with E-state index in [4.69, 9.17) is 10.00 Å². The number of pyridine rings is 1. The Balaban J connectivity index is 1.29. The van der Waals surface area contributed by atoms with Gasteiger partial charge in [0, 0.05) is 44.6 Å². The molecule has 0 bridgehead atoms. The number of carbonyl (C=O) groups excluding carboxylic acids is 1. The first-order chi connectivity index (χ1) is 16.1. The van der Waals surface area contributed by atoms with Crippen molar-refractivity contribution in [3.63, 3.8) is 0 Å². The molecule has 2 aliphatic rings. The van der Waals surface area contributed by atoms with Crippen molar-refractivity contribution in [2.75, 3.05) is 39.4 Å². The van der Waals surface area contributed by atoms with Gasteiger partial charge in [-0.15, -0.1) is 0 Å². The number of carbonyl (C=O) groups is 1. The lowest BCUT2D eigenvalue weighted by Crippen LogP contribution is -2.45. The minimum atomic E-state index is -0.251. The Labute approximate surface area is 190 Å². The third kappa shape index (κ3) is 4.18. The second kappa shape index (κ2) is 9.02. The Morgan fingerprint density at radius 2 is 1.91 bits per heavy atom. The van der Waals surface area contributed by atoms with Crippen molar-refractivity contribution in [3.05, 3.63) is 70.3 Å². The molecule has 2 fully saturated rings. The molecule has 1 aromatic carbocycles. The molecule has 5 rings (SSSR count). The van der Waals surface area contributed by atoms with Gasteiger partial charge in [-0.1, -0.05) is 12.1 Å². The molecule has 2 saturated heterocycles. The number of nitrogens with one attached hydrogen (secondary N) is 1. The van der Waals surface area contributed by atoms with Crippen LogP contribution < -0.4 is 5.56 Å². The number of ether oxygens (including phenoxy) is 1. The predicted molar refractivity (Wildman–Crippen MR) is 121 cm³/mol. The minimum Gasteiger partial charge on any atom is -0.379 e. The van der Waals surface area contributed by atoms with Crippen LogP contribution in [0.15, 0.2) is 53.6 Å². The van der Waals surface area contributed by atoms with Crippen molar-refractivity contribution < 1.29 is 9.53 Å². The monoisotopic (exact) mass is 444 g/mol. The molecule has 0 saturated carbocycles. The van der Waals surface area contributed by atoms with Gasteiger partial charge in [0.25, 0.3) is 11.5 Å². The van der Waals surface area contributed by atoms with Crippen LogP contribution in [0.2, 0.25) is 0 Å². The molecule has 2 aromatic heterocycles. The van der Waals surface area contributed by atoms with Crippen molar-refractivity contribution in [2.24, 2.45) is 0 Å². The van der Waals surface area contributed by atoms with Gasteiger partial charge < -0.3 is 9.64 Å². The molecule has 9 nitrogen and oxygen atoms in total. The van der Waals surface area contributed by atoms with Gasteiger partial charge in [0.1, 0.15) is 0 Å². The van der Waals surface area contributed by atoms with Crippen LogP contribution >= 0.6 is 0 Å². The fourth-order valence-electron chi connectivity index (χ4n) is 4.47. The molecule has 0 spiro atoms. The lowest BCUT2D eigenvalue weighted by atomic mass is 10.1. The number of morpholine rings is 1. The van der Waals surface area contributed by atoms with Crippen LogP contribution in [0.5, 0.6) is 0 Å². The van der Waals surface area contributed by atoms with Gasteiger partial charge in [0.2, 0.25) is 0 Å². The summed E-state index contributed by atoms with van der Waals surface area (Å²) in [7, 11) is 0. The van der Waals surface area contributed by atoms with Gasteiger partial charge in [-0.05, 0) is 36.2 Å². The number of hydrogen-bond acceptors (Lipinski definition) is 6. The van der Waals surface area contributed by atoms with Crippen molar-refractivity contribution in [3.8, 4) is 23.0 Å². The molecule has 0 aliphatic carbocycles. The highest BCUT2D eigenvalue weighted by Gasteiger charge is 2.31. The van der Waals surface area contributed by atoms with Crippen LogP contribution in [0, 0.1) is 11.3 Å². The minimum absolute atomic E-state index is 0.0399. The zero-order chi connectivity index (χ0) is 22.8. The van der Waals surface area contributed by atoms with E-state index in [0.717, 1.165) is 39.3 Å². The number of amides is 1. The maximum Gasteiger partial charge on any atom is 0.280 e. The first kappa shape index (κ1) is 21.1. The number of likely N-dealkylation sites (tertiary alicyclic amines) is 1. The third-order valence-corrected chi connectivity index (χ3v) is 6.33. The molecule has 1 atom stereocenters. The number of aromatic nitrogens is 3. The van der Waals surface area contributed by atoms with Gasteiger partial charge in [-0.2, -0.15) is 5.26 Å². The van der Waals surface area contributed by atoms with Crippen molar-refractivity contribution >= 4 is 5.91 Å². The second-order valence-electron chi connectivity index (χ2n) is 8.26. The van der Waals surface area contributed by atoms with Crippen LogP contribution in [0.1, 0.15) is 22.3 Å². The molecule has 3 aromatic rings. The highest BCUT2D eigenvalue weighted by atomic mass is 16.5. The second-order valence-corrected chi connectivity index (χ2v) is 8.26. The van der Waals surface area contributed by atoms with Crippen LogP contribution in [-0.2, 0) is 4.74 Å². The van der Waals surface area contributed by atoms with Gasteiger partial charge in [-0.25, -0.2) is 9.67 Å². The number of benzene rings is 1. The van der Waals surface area contributed by atoms with Crippen LogP contribution in [-0.4, -0.2) is 75.9 Å². The lowest BCUT2D eigenvalue weighted by molar-refractivity contribution is 0.0185. The number of rotatable bonds is 4. The van der Waals surface area contributed by atoms with E-state index >= 15 is 0 Å². The largest absolute Gasteiger partial charge is 0.379 e. The quantitative estimate of drug-likeness (QED) is 0.656. The molecular formula is C24H24N6O3. The summed E-state index contributed by atoms with van der Waals surface area (Å²) in [5.41, 5.74) is 1.98. The van der Waals surface area contributed by atoms with Crippen molar-refractivity contribution in [1.29, 1.82) is 5.26 Å². The third-order valence-electron chi connectivity index (χ3n) is 6.33. The molecule has 1 amide bonds. The molecule has 2 aliphatic heterocycles. The summed E-state index contributed by atoms with van der Waals surface area (Å²) in [6.07, 6.45) is 4.10. The summed E-state index contributed by atoms with van der Waals surface area (Å²) in [6.45, 7) is 4.77. The molecule has 33 heavy (non-hydrogen) atoms. The van der Waals surface area contributed by atoms with Gasteiger partial charge >= 0.3 is 0 Å². The highest BCUT2D eigenvalue weighted by molar-refractivity contribution is 5.94. The van der Waals surface area contributed by atoms with E-state index < -0.39 is 0 Å². The number of aromatic amines is 1. The van der Waals surface area contributed by atoms with Crippen LogP contribution in [0.25, 0.3) is 16.9 Å². The van der Waals surface area contributed by atoms with Crippen molar-refractivity contribution in [1.82, 2.24) is 24.6 Å². The van der Waals surface area contributed by atoms with E-state index in [1.54, 1.807) is 42.6 Å². The SMILES string of the molecule is N#Cc1ccc(-c2c[nH]n(-c3ccc(C(=O)N4CCC(N5CCOCC5)C4)cn3)c2=O)cc1. The summed E-state index contributed by atoms with van der Waals surface area (Å²) in [5.74, 6) is 0.367. The standard InChI is InChI=1S/C24H24N6O3/c25-13-17-1-3-18(4-2-17)21-15-27-30(24(21)32)22-6-5-19(14-26-22)23(31)29-8-7-20(16-29)28-9-11-33-12-10-28/h1-6,14-15,20,27H,7-12,16H2. The Kier molecular flexibility index (Phi) is 5.77. The molecule has 168 valence electrons. The predicted octanol–water partition coefficient (Wildman–Crippen LogP) is 1.65. The van der Waals surface area contributed by atoms with Gasteiger partial charge in [0.05, 0.1) is 36.0 Å². The maximum absolute atomic E-state index is 13.0. The molecule has 0 radical (unpaired) electrons. The maximum atomic E-state index is 13.0. The molecular weight excluding hydrogens is 420 g/mol. The van der Waals surface area contributed by atoms with E-state index in [0.29, 0.717) is 40.7 Å². The first-order valence-electron chi connectivity index (χ1n) is 11.0. The number of H-pyrrole nitrogens is 1. The fourth-order valence-corrected chi connectivity index (χ4v) is 4.47. The average Bonchev–Trinajstić information content (AvgIpc) is 3.52. The van der Waals surface area contributed by atoms with E-state index in [1.165, 1.54) is 10.9 Å². The highest BCUT2D eigenvalue weighted by Crippen LogP contribution is 2.20. The lowest BCUT2D eigenvalue weighted by Gasteiger charge is -2.32. The van der Waals surface area contributed by atoms with Gasteiger partial charge in [0.15, 0.2) is 5.82 Å². The zero-order valence-electron chi connectivity index (χ0n) is 18.1. The molecule has 4 heterocycles. The molecule has 9 heteroatoms. The Bertz CT molecular complexity index is 1230. The zero-order valence-corrected chi connectivity index (χ0v) is 18.1. The van der Waals surface area contributed by atoms with Crippen molar-refractivity contribution in [2.45, 2.75) is 12.5 Å². The van der Waals surface area contributed by atoms with E-state index in [9.17, 15) is 9.59 Å². The number of nitriles is 1. The summed E-state index contributed by atoms with van der Waals surface area (Å²) in [4.78, 5) is 34.5. The summed E-state index contributed by atoms with van der Waals surface area (Å²) >= 11 is 0. The van der Waals surface area contributed by atoms with Gasteiger partial charge in [-0.3, -0.25) is 19.6 Å². The summed E-state index contributed by atoms with van der Waals surface area (Å²) < 4.78 is 6.77. The molecule has 1 N–H and O–H groups in total. The Hall–Kier alpha value is -3.74. The normalized spacial score (nSPS) is 18.9. The topological polar surface area (TPSA) is 107 Å². The Morgan fingerprint density at radius 1 is 1.12 bits per heavy atom. The Morgan fingerprint density at radius 3 is 2.61 bits per heavy atom. The summed E-state index contributed by atoms with van der Waals surface area (Å²) in [6, 6.07) is 12.6. The van der Waals surface area contributed by atoms with Crippen LogP contribution in [0.4, 0.5) is 0 Å². The fraction of sp³-hybridized carbons (Fsp3) is 0.333. The van der Waals surface area contributed by atoms with Crippen LogP contribution in [0.3, 0.4) is 0 Å². The number of hydrogen-bond donors (Lipinski definition) is 1. The van der Waals surface area contributed by atoms with E-state index in [-0.39, 0.29) is 11.5 Å². The average molecular weight is 444 g/mol.